The van der Waals surface area contributed by atoms with Crippen molar-refractivity contribution in [1.82, 2.24) is 15.1 Å². The molecule has 2 aromatic heterocycles. The number of anilines is 1. The van der Waals surface area contributed by atoms with Crippen molar-refractivity contribution in [3.63, 3.8) is 0 Å². The fourth-order valence-corrected chi connectivity index (χ4v) is 4.27. The van der Waals surface area contributed by atoms with Crippen molar-refractivity contribution in [1.29, 1.82) is 5.26 Å². The van der Waals surface area contributed by atoms with Gasteiger partial charge in [-0.15, -0.1) is 10.2 Å². The maximum atomic E-state index is 10.3. The first-order chi connectivity index (χ1) is 12.7. The summed E-state index contributed by atoms with van der Waals surface area (Å²) in [6.07, 6.45) is 2.29. The van der Waals surface area contributed by atoms with Crippen molar-refractivity contribution in [2.24, 2.45) is 0 Å². The van der Waals surface area contributed by atoms with Crippen LogP contribution in [0.15, 0.2) is 29.0 Å². The van der Waals surface area contributed by atoms with Crippen LogP contribution in [0, 0.1) is 11.3 Å². The monoisotopic (exact) mass is 365 g/mol. The number of phenolic OH excluding ortho intramolecular Hbond substituents is 1. The lowest BCUT2D eigenvalue weighted by atomic mass is 10.0. The zero-order valence-corrected chi connectivity index (χ0v) is 15.3. The molecule has 0 saturated carbocycles. The van der Waals surface area contributed by atoms with Gasteiger partial charge in [0, 0.05) is 39.7 Å². The molecule has 132 valence electrons. The van der Waals surface area contributed by atoms with Gasteiger partial charge in [0.2, 0.25) is 0 Å². The number of benzene rings is 1. The number of rotatable bonds is 3. The van der Waals surface area contributed by atoms with Crippen molar-refractivity contribution >= 4 is 27.9 Å². The van der Waals surface area contributed by atoms with Crippen LogP contribution in [0.4, 0.5) is 5.82 Å². The van der Waals surface area contributed by atoms with Crippen molar-refractivity contribution in [2.45, 2.75) is 18.9 Å². The molecule has 1 aliphatic heterocycles. The molecule has 1 saturated heterocycles. The third kappa shape index (κ3) is 3.09. The number of likely N-dealkylation sites (N-methyl/N-ethyl adjacent to an activating group) is 1. The van der Waals surface area contributed by atoms with Crippen molar-refractivity contribution in [2.75, 3.05) is 25.5 Å². The summed E-state index contributed by atoms with van der Waals surface area (Å²) < 4.78 is 0. The summed E-state index contributed by atoms with van der Waals surface area (Å²) in [6, 6.07) is 7.25. The zero-order valence-electron chi connectivity index (χ0n) is 14.4. The molecular formula is C19H19N5OS. The maximum absolute atomic E-state index is 10.3. The van der Waals surface area contributed by atoms with Crippen molar-refractivity contribution in [3.05, 3.63) is 34.5 Å². The molecule has 0 amide bonds. The number of nitrogens with zero attached hydrogens (tertiary/aromatic N) is 4. The molecule has 0 bridgehead atoms. The highest BCUT2D eigenvalue weighted by molar-refractivity contribution is 7.09. The summed E-state index contributed by atoms with van der Waals surface area (Å²) in [4.78, 5) is 2.32. The molecule has 0 unspecified atom stereocenters. The van der Waals surface area contributed by atoms with Gasteiger partial charge in [0.25, 0.3) is 0 Å². The summed E-state index contributed by atoms with van der Waals surface area (Å²) >= 11 is 1.59. The van der Waals surface area contributed by atoms with E-state index in [1.807, 2.05) is 11.4 Å². The number of hydrogen-bond acceptors (Lipinski definition) is 7. The molecule has 2 N–H and O–H groups in total. The predicted molar refractivity (Wildman–Crippen MR) is 103 cm³/mol. The summed E-state index contributed by atoms with van der Waals surface area (Å²) in [5.74, 6) is 0.832. The normalized spacial score (nSPS) is 17.9. The summed E-state index contributed by atoms with van der Waals surface area (Å²) in [7, 11) is 2.14. The molecule has 0 radical (unpaired) electrons. The number of piperidine rings is 1. The Labute approximate surface area is 155 Å². The first-order valence-electron chi connectivity index (χ1n) is 8.57. The molecule has 0 aliphatic carbocycles. The average Bonchev–Trinajstić information content (AvgIpc) is 3.13. The van der Waals surface area contributed by atoms with Crippen LogP contribution in [0.2, 0.25) is 0 Å². The van der Waals surface area contributed by atoms with Crippen LogP contribution in [0.5, 0.6) is 5.75 Å². The molecule has 3 aromatic rings. The van der Waals surface area contributed by atoms with Gasteiger partial charge in [-0.2, -0.15) is 16.6 Å². The number of aromatic nitrogens is 2. The van der Waals surface area contributed by atoms with E-state index < -0.39 is 0 Å². The average molecular weight is 365 g/mol. The van der Waals surface area contributed by atoms with E-state index in [4.69, 9.17) is 5.26 Å². The third-order valence-corrected chi connectivity index (χ3v) is 5.51. The van der Waals surface area contributed by atoms with E-state index in [0.717, 1.165) is 36.1 Å². The smallest absolute Gasteiger partial charge is 0.157 e. The molecule has 1 fully saturated rings. The van der Waals surface area contributed by atoms with E-state index >= 15 is 0 Å². The Balaban J connectivity index is 1.71. The van der Waals surface area contributed by atoms with Crippen LogP contribution in [-0.2, 0) is 0 Å². The Bertz CT molecular complexity index is 993. The van der Waals surface area contributed by atoms with Gasteiger partial charge < -0.3 is 15.3 Å². The van der Waals surface area contributed by atoms with Gasteiger partial charge >= 0.3 is 0 Å². The Morgan fingerprint density at radius 3 is 2.92 bits per heavy atom. The summed E-state index contributed by atoms with van der Waals surface area (Å²) in [6.45, 7) is 2.13. The van der Waals surface area contributed by atoms with E-state index in [1.54, 1.807) is 23.5 Å². The minimum absolute atomic E-state index is 0.0421. The molecule has 1 atom stereocenters. The highest BCUT2D eigenvalue weighted by atomic mass is 32.1. The van der Waals surface area contributed by atoms with E-state index in [2.05, 4.69) is 32.8 Å². The van der Waals surface area contributed by atoms with Crippen LogP contribution < -0.4 is 5.32 Å². The minimum atomic E-state index is 0.0421. The summed E-state index contributed by atoms with van der Waals surface area (Å²) in [5.41, 5.74) is 1.64. The Hall–Kier alpha value is -2.69. The van der Waals surface area contributed by atoms with Crippen LogP contribution >= 0.6 is 11.3 Å². The maximum Gasteiger partial charge on any atom is 0.157 e. The highest BCUT2D eigenvalue weighted by Crippen LogP contribution is 2.37. The highest BCUT2D eigenvalue weighted by Gasteiger charge is 2.20. The van der Waals surface area contributed by atoms with E-state index in [9.17, 15) is 5.11 Å². The van der Waals surface area contributed by atoms with Gasteiger partial charge in [0.1, 0.15) is 11.4 Å². The Morgan fingerprint density at radius 2 is 2.15 bits per heavy atom. The molecule has 1 aromatic carbocycles. The number of nitrogens with one attached hydrogen (secondary N) is 1. The number of nitriles is 1. The van der Waals surface area contributed by atoms with Gasteiger partial charge in [-0.1, -0.05) is 0 Å². The Kier molecular flexibility index (Phi) is 4.45. The Morgan fingerprint density at radius 1 is 1.31 bits per heavy atom. The molecule has 6 nitrogen and oxygen atoms in total. The zero-order chi connectivity index (χ0) is 18.1. The first kappa shape index (κ1) is 16.8. The predicted octanol–water partition coefficient (Wildman–Crippen LogP) is 3.44. The van der Waals surface area contributed by atoms with Crippen LogP contribution in [0.3, 0.4) is 0 Å². The molecule has 7 heteroatoms. The lowest BCUT2D eigenvalue weighted by molar-refractivity contribution is 0.261. The lowest BCUT2D eigenvalue weighted by Crippen LogP contribution is -2.39. The molecule has 4 rings (SSSR count). The molecule has 3 heterocycles. The number of aromatic hydroxyl groups is 1. The minimum Gasteiger partial charge on any atom is -0.507 e. The van der Waals surface area contributed by atoms with E-state index in [0.29, 0.717) is 22.9 Å². The standard InChI is InChI=1S/C19H19N5OS/c1-24-6-2-3-13(9-24)21-19-16-11-26-10-15(16)18(22-23-19)14-5-4-12(8-20)7-17(14)25/h4-5,7,10-11,13,25H,2-3,6,9H2,1H3,(H,21,23)/t13-/m1/s1. The number of fused-ring (bicyclic) bond motifs is 1. The largest absolute Gasteiger partial charge is 0.507 e. The van der Waals surface area contributed by atoms with Crippen LogP contribution in [0.1, 0.15) is 18.4 Å². The molecule has 0 spiro atoms. The first-order valence-corrected chi connectivity index (χ1v) is 9.51. The third-order valence-electron chi connectivity index (χ3n) is 4.77. The number of hydrogen-bond donors (Lipinski definition) is 2. The number of likely N-dealkylation sites (tertiary alicyclic amines) is 1. The SMILES string of the molecule is CN1CCC[C@@H](Nc2nnc(-c3ccc(C#N)cc3O)c3cscc23)C1. The van der Waals surface area contributed by atoms with Crippen molar-refractivity contribution in [3.8, 4) is 23.1 Å². The van der Waals surface area contributed by atoms with E-state index in [-0.39, 0.29) is 5.75 Å². The second-order valence-corrected chi connectivity index (χ2v) is 7.43. The van der Waals surface area contributed by atoms with Gasteiger partial charge in [-0.25, -0.2) is 0 Å². The van der Waals surface area contributed by atoms with E-state index in [1.165, 1.54) is 12.5 Å². The second kappa shape index (κ2) is 6.90. The van der Waals surface area contributed by atoms with Crippen LogP contribution in [0.25, 0.3) is 22.0 Å². The van der Waals surface area contributed by atoms with Gasteiger partial charge in [-0.3, -0.25) is 0 Å². The molecule has 26 heavy (non-hydrogen) atoms. The molecule has 1 aliphatic rings. The lowest BCUT2D eigenvalue weighted by Gasteiger charge is -2.30. The number of thiophene rings is 1. The quantitative estimate of drug-likeness (QED) is 0.739. The van der Waals surface area contributed by atoms with Gasteiger partial charge in [-0.05, 0) is 44.6 Å². The second-order valence-electron chi connectivity index (χ2n) is 6.69. The fraction of sp³-hybridized carbons (Fsp3) is 0.316. The summed E-state index contributed by atoms with van der Waals surface area (Å²) in [5, 5.41) is 37.7. The van der Waals surface area contributed by atoms with Gasteiger partial charge in [0.05, 0.1) is 11.6 Å². The fourth-order valence-electron chi connectivity index (χ4n) is 3.46. The van der Waals surface area contributed by atoms with Crippen LogP contribution in [-0.4, -0.2) is 46.4 Å². The van der Waals surface area contributed by atoms with Crippen molar-refractivity contribution < 1.29 is 5.11 Å². The van der Waals surface area contributed by atoms with Gasteiger partial charge in [0.15, 0.2) is 5.82 Å². The topological polar surface area (TPSA) is 85.1 Å². The molecular weight excluding hydrogens is 346 g/mol. The number of phenols is 1.